The Hall–Kier alpha value is -3.35. The number of nitrogens with zero attached hydrogens (tertiary/aromatic N) is 3. The predicted molar refractivity (Wildman–Crippen MR) is 136 cm³/mol. The second kappa shape index (κ2) is 10.5. The van der Waals surface area contributed by atoms with Crippen molar-refractivity contribution in [3.8, 4) is 5.75 Å². The van der Waals surface area contributed by atoms with E-state index in [2.05, 4.69) is 16.6 Å². The van der Waals surface area contributed by atoms with Crippen LogP contribution in [0.3, 0.4) is 0 Å². The Balaban J connectivity index is 1.48. The monoisotopic (exact) mass is 475 g/mol. The summed E-state index contributed by atoms with van der Waals surface area (Å²) in [5, 5.41) is 1.29. The van der Waals surface area contributed by atoms with Crippen LogP contribution in [-0.4, -0.2) is 27.5 Å². The van der Waals surface area contributed by atoms with Gasteiger partial charge in [0.1, 0.15) is 12.4 Å². The van der Waals surface area contributed by atoms with Gasteiger partial charge in [-0.1, -0.05) is 48.0 Å². The van der Waals surface area contributed by atoms with E-state index < -0.39 is 0 Å². The zero-order chi connectivity index (χ0) is 23.2. The van der Waals surface area contributed by atoms with Gasteiger partial charge in [-0.15, -0.1) is 6.58 Å². The number of carbonyl (C=O) groups is 1. The van der Waals surface area contributed by atoms with E-state index in [9.17, 15) is 4.79 Å². The quantitative estimate of drug-likeness (QED) is 0.292. The van der Waals surface area contributed by atoms with Crippen molar-refractivity contribution < 1.29 is 9.53 Å². The van der Waals surface area contributed by atoms with E-state index in [1.807, 2.05) is 79.7 Å². The number of amides is 1. The van der Waals surface area contributed by atoms with Crippen LogP contribution in [0.15, 0.2) is 89.3 Å². The molecule has 1 saturated heterocycles. The summed E-state index contributed by atoms with van der Waals surface area (Å²) < 4.78 is 5.84. The maximum Gasteiger partial charge on any atom is 0.267 e. The highest BCUT2D eigenvalue weighted by Crippen LogP contribution is 2.34. The molecule has 0 spiro atoms. The van der Waals surface area contributed by atoms with Crippen molar-refractivity contribution in [3.05, 3.63) is 106 Å². The number of halogens is 1. The van der Waals surface area contributed by atoms with Crippen molar-refractivity contribution in [1.29, 1.82) is 0 Å². The fourth-order valence-corrected chi connectivity index (χ4v) is 4.25. The Morgan fingerprint density at radius 2 is 1.88 bits per heavy atom. The lowest BCUT2D eigenvalue weighted by Gasteiger charge is -2.12. The number of carbonyl (C=O) groups excluding carboxylic acids is 1. The average Bonchev–Trinajstić information content (AvgIpc) is 3.09. The lowest BCUT2D eigenvalue weighted by atomic mass is 10.2. The molecule has 1 aliphatic rings. The van der Waals surface area contributed by atoms with Gasteiger partial charge < -0.3 is 4.74 Å². The van der Waals surface area contributed by atoms with Crippen LogP contribution in [0.2, 0.25) is 5.02 Å². The highest BCUT2D eigenvalue weighted by molar-refractivity contribution is 8.18. The Kier molecular flexibility index (Phi) is 7.27. The Morgan fingerprint density at radius 1 is 1.12 bits per heavy atom. The van der Waals surface area contributed by atoms with Crippen molar-refractivity contribution in [2.75, 3.05) is 6.54 Å². The first-order valence-corrected chi connectivity index (χ1v) is 11.5. The van der Waals surface area contributed by atoms with E-state index >= 15 is 0 Å². The van der Waals surface area contributed by atoms with Gasteiger partial charge in [-0.05, 0) is 72.3 Å². The minimum atomic E-state index is -0.102. The topological polar surface area (TPSA) is 54.8 Å². The fourth-order valence-electron chi connectivity index (χ4n) is 3.13. The van der Waals surface area contributed by atoms with Crippen LogP contribution in [0.5, 0.6) is 5.75 Å². The van der Waals surface area contributed by atoms with Crippen LogP contribution in [0, 0.1) is 6.92 Å². The molecule has 1 fully saturated rings. The number of aryl methyl sites for hydroxylation is 1. The molecule has 7 heteroatoms. The summed E-state index contributed by atoms with van der Waals surface area (Å²) in [6.45, 7) is 6.51. The summed E-state index contributed by atoms with van der Waals surface area (Å²) >= 11 is 7.25. The standard InChI is InChI=1S/C26H22ClN3O2S/c1-3-15-30-25(31)23(33-26(30)29-24-6-4-5-18(2)28-24)16-19-9-13-22(14-10-19)32-17-20-7-11-21(27)12-8-20/h3-14,16H,1,15,17H2,2H3/b23-16-,29-26+. The fraction of sp³-hybridized carbons (Fsp3) is 0.115. The first kappa shape index (κ1) is 22.8. The number of aromatic nitrogens is 1. The minimum absolute atomic E-state index is 0.102. The van der Waals surface area contributed by atoms with Gasteiger partial charge in [-0.2, -0.15) is 0 Å². The number of pyridine rings is 1. The molecule has 1 aliphatic heterocycles. The zero-order valence-electron chi connectivity index (χ0n) is 18.1. The molecule has 0 atom stereocenters. The van der Waals surface area contributed by atoms with Crippen LogP contribution in [0.4, 0.5) is 5.82 Å². The SMILES string of the molecule is C=CCN1C(=O)/C(=C/c2ccc(OCc3ccc(Cl)cc3)cc2)S/C1=N/c1cccc(C)n1. The normalized spacial score (nSPS) is 15.9. The van der Waals surface area contributed by atoms with E-state index in [1.165, 1.54) is 11.8 Å². The molecule has 0 saturated carbocycles. The number of hydrogen-bond acceptors (Lipinski definition) is 5. The third kappa shape index (κ3) is 5.92. The van der Waals surface area contributed by atoms with Gasteiger partial charge in [0.25, 0.3) is 5.91 Å². The Bertz CT molecular complexity index is 1220. The molecular formula is C26H22ClN3O2S. The number of rotatable bonds is 7. The van der Waals surface area contributed by atoms with E-state index in [0.29, 0.717) is 34.1 Å². The van der Waals surface area contributed by atoms with Crippen molar-refractivity contribution in [2.24, 2.45) is 4.99 Å². The van der Waals surface area contributed by atoms with Crippen molar-refractivity contribution in [2.45, 2.75) is 13.5 Å². The third-order valence-corrected chi connectivity index (χ3v) is 6.04. The number of benzene rings is 2. The molecule has 0 aliphatic carbocycles. The molecule has 5 nitrogen and oxygen atoms in total. The molecule has 1 amide bonds. The number of aliphatic imine (C=N–C) groups is 1. The molecule has 3 aromatic rings. The zero-order valence-corrected chi connectivity index (χ0v) is 19.6. The summed E-state index contributed by atoms with van der Waals surface area (Å²) in [4.78, 5) is 24.2. The summed E-state index contributed by atoms with van der Waals surface area (Å²) in [7, 11) is 0. The number of thioether (sulfide) groups is 1. The van der Waals surface area contributed by atoms with Gasteiger partial charge in [0, 0.05) is 17.3 Å². The molecule has 0 radical (unpaired) electrons. The molecule has 2 heterocycles. The second-order valence-corrected chi connectivity index (χ2v) is 8.78. The molecule has 33 heavy (non-hydrogen) atoms. The van der Waals surface area contributed by atoms with Crippen molar-refractivity contribution in [3.63, 3.8) is 0 Å². The van der Waals surface area contributed by atoms with Gasteiger partial charge in [-0.25, -0.2) is 9.98 Å². The molecular weight excluding hydrogens is 454 g/mol. The minimum Gasteiger partial charge on any atom is -0.489 e. The van der Waals surface area contributed by atoms with Gasteiger partial charge >= 0.3 is 0 Å². The maximum atomic E-state index is 13.0. The van der Waals surface area contributed by atoms with Gasteiger partial charge in [0.2, 0.25) is 0 Å². The summed E-state index contributed by atoms with van der Waals surface area (Å²) in [5.41, 5.74) is 2.81. The van der Waals surface area contributed by atoms with E-state index in [-0.39, 0.29) is 5.91 Å². The number of amidine groups is 1. The number of ether oxygens (including phenoxy) is 1. The van der Waals surface area contributed by atoms with Gasteiger partial charge in [0.15, 0.2) is 11.0 Å². The Morgan fingerprint density at radius 3 is 2.58 bits per heavy atom. The first-order valence-electron chi connectivity index (χ1n) is 10.3. The largest absolute Gasteiger partial charge is 0.489 e. The smallest absolute Gasteiger partial charge is 0.267 e. The Labute approximate surface area is 202 Å². The first-order chi connectivity index (χ1) is 16.0. The lowest BCUT2D eigenvalue weighted by molar-refractivity contribution is -0.121. The van der Waals surface area contributed by atoms with Gasteiger partial charge in [-0.3, -0.25) is 9.69 Å². The lowest BCUT2D eigenvalue weighted by Crippen LogP contribution is -2.29. The summed E-state index contributed by atoms with van der Waals surface area (Å²) in [5.74, 6) is 1.22. The maximum absolute atomic E-state index is 13.0. The molecule has 166 valence electrons. The average molecular weight is 476 g/mol. The van der Waals surface area contributed by atoms with Crippen LogP contribution in [0.1, 0.15) is 16.8 Å². The molecule has 1 aromatic heterocycles. The van der Waals surface area contributed by atoms with E-state index in [1.54, 1.807) is 11.0 Å². The molecule has 0 N–H and O–H groups in total. The summed E-state index contributed by atoms with van der Waals surface area (Å²) in [6, 6.07) is 20.8. The highest BCUT2D eigenvalue weighted by Gasteiger charge is 2.32. The third-order valence-electron chi connectivity index (χ3n) is 4.78. The van der Waals surface area contributed by atoms with Crippen molar-refractivity contribution >= 4 is 46.3 Å². The second-order valence-electron chi connectivity index (χ2n) is 7.33. The van der Waals surface area contributed by atoms with Crippen molar-refractivity contribution in [1.82, 2.24) is 9.88 Å². The van der Waals surface area contributed by atoms with Crippen LogP contribution in [-0.2, 0) is 11.4 Å². The van der Waals surface area contributed by atoms with Crippen LogP contribution >= 0.6 is 23.4 Å². The summed E-state index contributed by atoms with van der Waals surface area (Å²) in [6.07, 6.45) is 3.55. The molecule has 4 rings (SSSR count). The van der Waals surface area contributed by atoms with E-state index in [0.717, 1.165) is 22.6 Å². The highest BCUT2D eigenvalue weighted by atomic mass is 35.5. The molecule has 2 aromatic carbocycles. The van der Waals surface area contributed by atoms with Crippen LogP contribution in [0.25, 0.3) is 6.08 Å². The predicted octanol–water partition coefficient (Wildman–Crippen LogP) is 6.41. The molecule has 0 bridgehead atoms. The molecule has 0 unspecified atom stereocenters. The van der Waals surface area contributed by atoms with Crippen LogP contribution < -0.4 is 4.74 Å². The number of hydrogen-bond donors (Lipinski definition) is 0. The van der Waals surface area contributed by atoms with Gasteiger partial charge in [0.05, 0.1) is 4.91 Å². The van der Waals surface area contributed by atoms with E-state index in [4.69, 9.17) is 16.3 Å².